The Morgan fingerprint density at radius 2 is 1.96 bits per heavy atom. The number of fused-ring (bicyclic) bond motifs is 2. The van der Waals surface area contributed by atoms with Crippen LogP contribution in [0.2, 0.25) is 0 Å². The highest BCUT2D eigenvalue weighted by molar-refractivity contribution is 5.81. The Morgan fingerprint density at radius 1 is 1.19 bits per heavy atom. The number of aromatic amines is 1. The zero-order valence-corrected chi connectivity index (χ0v) is 16.0. The SMILES string of the molecule is Cc1cc2nc3c(=O)[nH]c(=O)nc-3n(CCNC3CC[C@@H](C)C3)c2cc1C. The highest BCUT2D eigenvalue weighted by Gasteiger charge is 2.22. The number of nitrogens with one attached hydrogen (secondary N) is 2. The van der Waals surface area contributed by atoms with Crippen LogP contribution in [0.5, 0.6) is 0 Å². The van der Waals surface area contributed by atoms with E-state index in [4.69, 9.17) is 0 Å². The maximum Gasteiger partial charge on any atom is 0.349 e. The molecule has 142 valence electrons. The van der Waals surface area contributed by atoms with E-state index in [0.29, 0.717) is 18.4 Å². The first kappa shape index (κ1) is 17.9. The second-order valence-corrected chi connectivity index (χ2v) is 7.80. The molecule has 0 aromatic heterocycles. The van der Waals surface area contributed by atoms with Gasteiger partial charge in [0.15, 0.2) is 11.5 Å². The molecule has 2 aliphatic heterocycles. The van der Waals surface area contributed by atoms with Gasteiger partial charge in [-0.25, -0.2) is 9.78 Å². The van der Waals surface area contributed by atoms with Gasteiger partial charge >= 0.3 is 5.69 Å². The largest absolute Gasteiger partial charge is 0.349 e. The van der Waals surface area contributed by atoms with Crippen LogP contribution in [-0.2, 0) is 6.54 Å². The molecule has 1 aromatic carbocycles. The summed E-state index contributed by atoms with van der Waals surface area (Å²) in [6.07, 6.45) is 3.66. The predicted octanol–water partition coefficient (Wildman–Crippen LogP) is 1.98. The van der Waals surface area contributed by atoms with E-state index in [9.17, 15) is 9.59 Å². The molecule has 1 unspecified atom stereocenters. The van der Waals surface area contributed by atoms with E-state index in [2.05, 4.69) is 33.3 Å². The molecular weight excluding hydrogens is 342 g/mol. The molecule has 2 heterocycles. The van der Waals surface area contributed by atoms with E-state index in [0.717, 1.165) is 34.6 Å². The molecule has 2 N–H and O–H groups in total. The van der Waals surface area contributed by atoms with Gasteiger partial charge in [0.2, 0.25) is 0 Å². The molecule has 3 aliphatic rings. The molecule has 1 aromatic rings. The third-order valence-corrected chi connectivity index (χ3v) is 5.69. The fourth-order valence-electron chi connectivity index (χ4n) is 4.05. The van der Waals surface area contributed by atoms with Gasteiger partial charge in [0.1, 0.15) is 0 Å². The summed E-state index contributed by atoms with van der Waals surface area (Å²) in [5.74, 6) is 1.12. The molecule has 27 heavy (non-hydrogen) atoms. The van der Waals surface area contributed by atoms with Gasteiger partial charge in [0, 0.05) is 19.1 Å². The van der Waals surface area contributed by atoms with Gasteiger partial charge in [-0.2, -0.15) is 4.98 Å². The van der Waals surface area contributed by atoms with Crippen LogP contribution in [0.3, 0.4) is 0 Å². The van der Waals surface area contributed by atoms with Crippen molar-refractivity contribution >= 4 is 11.0 Å². The number of nitrogens with zero attached hydrogens (tertiary/aromatic N) is 3. The fraction of sp³-hybridized carbons (Fsp3) is 0.500. The summed E-state index contributed by atoms with van der Waals surface area (Å²) >= 11 is 0. The van der Waals surface area contributed by atoms with Gasteiger partial charge < -0.3 is 9.88 Å². The van der Waals surface area contributed by atoms with Crippen molar-refractivity contribution in [2.24, 2.45) is 5.92 Å². The van der Waals surface area contributed by atoms with Crippen molar-refractivity contribution in [2.45, 2.75) is 52.6 Å². The summed E-state index contributed by atoms with van der Waals surface area (Å²) in [4.78, 5) is 34.9. The van der Waals surface area contributed by atoms with Crippen molar-refractivity contribution in [1.82, 2.24) is 24.8 Å². The van der Waals surface area contributed by atoms with Crippen LogP contribution >= 0.6 is 0 Å². The van der Waals surface area contributed by atoms with Crippen LogP contribution < -0.4 is 16.6 Å². The lowest BCUT2D eigenvalue weighted by Gasteiger charge is -2.19. The van der Waals surface area contributed by atoms with Crippen molar-refractivity contribution in [2.75, 3.05) is 6.54 Å². The summed E-state index contributed by atoms with van der Waals surface area (Å²) in [6.45, 7) is 7.74. The van der Waals surface area contributed by atoms with E-state index in [1.54, 1.807) is 0 Å². The second kappa shape index (κ2) is 6.88. The number of H-pyrrole nitrogens is 1. The number of aromatic nitrogens is 4. The van der Waals surface area contributed by atoms with Crippen LogP contribution in [0.15, 0.2) is 21.7 Å². The average molecular weight is 367 g/mol. The molecule has 1 aliphatic carbocycles. The minimum Gasteiger partial charge on any atom is -0.321 e. The van der Waals surface area contributed by atoms with E-state index >= 15 is 0 Å². The Morgan fingerprint density at radius 3 is 2.70 bits per heavy atom. The molecule has 1 saturated carbocycles. The molecular formula is C20H25N5O2. The zero-order chi connectivity index (χ0) is 19.1. The molecule has 4 rings (SSSR count). The third kappa shape index (κ3) is 3.39. The van der Waals surface area contributed by atoms with Crippen LogP contribution in [0.25, 0.3) is 22.6 Å². The smallest absolute Gasteiger partial charge is 0.321 e. The minimum atomic E-state index is -0.635. The highest BCUT2D eigenvalue weighted by atomic mass is 16.2. The number of hydrogen-bond acceptors (Lipinski definition) is 5. The number of rotatable bonds is 4. The van der Waals surface area contributed by atoms with Crippen LogP contribution in [0.1, 0.15) is 37.3 Å². The molecule has 7 nitrogen and oxygen atoms in total. The van der Waals surface area contributed by atoms with Gasteiger partial charge in [-0.05, 0) is 62.3 Å². The predicted molar refractivity (Wildman–Crippen MR) is 105 cm³/mol. The van der Waals surface area contributed by atoms with E-state index < -0.39 is 11.2 Å². The lowest BCUT2D eigenvalue weighted by atomic mass is 10.1. The maximum absolute atomic E-state index is 12.3. The fourth-order valence-corrected chi connectivity index (χ4v) is 4.05. The van der Waals surface area contributed by atoms with Crippen LogP contribution in [0.4, 0.5) is 0 Å². The number of aryl methyl sites for hydroxylation is 2. The number of benzene rings is 1. The lowest BCUT2D eigenvalue weighted by Crippen LogP contribution is -2.32. The van der Waals surface area contributed by atoms with Crippen molar-refractivity contribution in [3.63, 3.8) is 0 Å². The molecule has 1 fully saturated rings. The molecule has 0 saturated heterocycles. The van der Waals surface area contributed by atoms with Gasteiger partial charge in [0.05, 0.1) is 11.0 Å². The van der Waals surface area contributed by atoms with Gasteiger partial charge in [-0.1, -0.05) is 6.92 Å². The van der Waals surface area contributed by atoms with E-state index in [1.165, 1.54) is 19.3 Å². The Bertz CT molecular complexity index is 1080. The number of hydrogen-bond donors (Lipinski definition) is 2. The highest BCUT2D eigenvalue weighted by Crippen LogP contribution is 2.25. The molecule has 0 spiro atoms. The van der Waals surface area contributed by atoms with Crippen LogP contribution in [0, 0.1) is 19.8 Å². The Kier molecular flexibility index (Phi) is 4.55. The quantitative estimate of drug-likeness (QED) is 0.688. The average Bonchev–Trinajstić information content (AvgIpc) is 3.02. The molecule has 0 amide bonds. The topological polar surface area (TPSA) is 92.7 Å². The maximum atomic E-state index is 12.3. The van der Waals surface area contributed by atoms with Crippen molar-refractivity contribution < 1.29 is 0 Å². The van der Waals surface area contributed by atoms with Crippen molar-refractivity contribution in [3.05, 3.63) is 44.1 Å². The second-order valence-electron chi connectivity index (χ2n) is 7.80. The summed E-state index contributed by atoms with van der Waals surface area (Å²) < 4.78 is 1.95. The van der Waals surface area contributed by atoms with Gasteiger partial charge in [-0.15, -0.1) is 0 Å². The lowest BCUT2D eigenvalue weighted by molar-refractivity contribution is 0.484. The summed E-state index contributed by atoms with van der Waals surface area (Å²) in [5.41, 5.74) is 2.97. The third-order valence-electron chi connectivity index (χ3n) is 5.69. The zero-order valence-electron chi connectivity index (χ0n) is 16.0. The molecule has 0 bridgehead atoms. The molecule has 7 heteroatoms. The standard InChI is InChI=1S/C20H25N5O2/c1-11-4-5-14(8-11)21-6-7-25-16-10-13(3)12(2)9-15(16)22-17-18(25)23-20(27)24-19(17)26/h9-11,14,21H,4-8H2,1-3H3,(H,24,26,27)/t11-,14?/m1/s1. The van der Waals surface area contributed by atoms with Gasteiger partial charge in [-0.3, -0.25) is 9.78 Å². The Labute approximate surface area is 157 Å². The first-order valence-electron chi connectivity index (χ1n) is 9.57. The van der Waals surface area contributed by atoms with Gasteiger partial charge in [0.25, 0.3) is 5.56 Å². The van der Waals surface area contributed by atoms with Crippen LogP contribution in [-0.4, -0.2) is 32.1 Å². The normalized spacial score (nSPS) is 20.0. The Balaban J connectivity index is 1.78. The molecule has 0 radical (unpaired) electrons. The monoisotopic (exact) mass is 367 g/mol. The van der Waals surface area contributed by atoms with Crippen molar-refractivity contribution in [1.29, 1.82) is 0 Å². The summed E-state index contributed by atoms with van der Waals surface area (Å²) in [5, 5.41) is 3.61. The first-order chi connectivity index (χ1) is 12.9. The van der Waals surface area contributed by atoms with E-state index in [-0.39, 0.29) is 5.69 Å². The molecule has 2 atom stereocenters. The van der Waals surface area contributed by atoms with Crippen molar-refractivity contribution in [3.8, 4) is 11.5 Å². The Hall–Kier alpha value is -2.54. The van der Waals surface area contributed by atoms with E-state index in [1.807, 2.05) is 24.5 Å². The summed E-state index contributed by atoms with van der Waals surface area (Å²) in [6, 6.07) is 4.58. The first-order valence-corrected chi connectivity index (χ1v) is 9.57. The summed E-state index contributed by atoms with van der Waals surface area (Å²) in [7, 11) is 0. The minimum absolute atomic E-state index is 0.208.